The smallest absolute Gasteiger partial charge is 0.220 e. The number of benzene rings is 1. The summed E-state index contributed by atoms with van der Waals surface area (Å²) in [5.41, 5.74) is 24.0. The van der Waals surface area contributed by atoms with Crippen LogP contribution in [0.2, 0.25) is 0 Å². The van der Waals surface area contributed by atoms with Gasteiger partial charge in [-0.25, -0.2) is 0 Å². The number of likely N-dealkylation sites (tertiary alicyclic amines) is 2. The number of carbonyl (C=O) groups is 3. The number of piperidine rings is 2. The Morgan fingerprint density at radius 1 is 0.656 bits per heavy atom. The van der Waals surface area contributed by atoms with Crippen LogP contribution in [0.1, 0.15) is 221 Å². The zero-order valence-electron chi connectivity index (χ0n) is 59.8. The molecule has 17 heteroatoms. The first-order chi connectivity index (χ1) is 46.1. The van der Waals surface area contributed by atoms with Crippen LogP contribution in [-0.4, -0.2) is 138 Å². The van der Waals surface area contributed by atoms with Crippen LogP contribution in [0.3, 0.4) is 0 Å². The molecule has 4 saturated carbocycles. The van der Waals surface area contributed by atoms with Gasteiger partial charge in [-0.1, -0.05) is 94.9 Å². The number of nitrogens with one attached hydrogen (secondary N) is 4. The van der Waals surface area contributed by atoms with Crippen molar-refractivity contribution < 1.29 is 34.1 Å². The average Bonchev–Trinajstić information content (AvgIpc) is 1.55. The van der Waals surface area contributed by atoms with Gasteiger partial charge in [0.2, 0.25) is 22.6 Å². The monoisotopic (exact) mass is 1430 g/mol. The van der Waals surface area contributed by atoms with Gasteiger partial charge in [0.05, 0.1) is 35.6 Å². The number of nitrogens with zero attached hydrogens (tertiary/aromatic N) is 4. The number of halogens is 1. The number of unbranched alkanes of at least 4 members (excludes halogenated alkanes) is 4. The summed E-state index contributed by atoms with van der Waals surface area (Å²) in [6.45, 7) is 26.2. The van der Waals surface area contributed by atoms with E-state index in [1.54, 1.807) is 27.9 Å². The van der Waals surface area contributed by atoms with Crippen molar-refractivity contribution >= 4 is 46.0 Å². The number of aryl methyl sites for hydroxylation is 1. The Morgan fingerprint density at radius 3 is 1.61 bits per heavy atom. The minimum atomic E-state index is -0.179. The molecule has 2 spiro atoms. The summed E-state index contributed by atoms with van der Waals surface area (Å²) in [5, 5.41) is 34.1. The highest BCUT2D eigenvalue weighted by atomic mass is 127. The van der Waals surface area contributed by atoms with Crippen molar-refractivity contribution in [2.45, 2.75) is 270 Å². The van der Waals surface area contributed by atoms with Gasteiger partial charge in [-0.15, -0.1) is 0 Å². The third-order valence-corrected chi connectivity index (χ3v) is 28.8. The molecule has 0 aromatic heterocycles. The zero-order chi connectivity index (χ0) is 67.8. The van der Waals surface area contributed by atoms with E-state index in [1.165, 1.54) is 44.1 Å². The maximum Gasteiger partial charge on any atom is 0.220 e. The fourth-order valence-electron chi connectivity index (χ4n) is 22.9. The van der Waals surface area contributed by atoms with Gasteiger partial charge in [0.15, 0.2) is 10.8 Å². The molecule has 16 nitrogen and oxygen atoms in total. The molecule has 4 saturated heterocycles. The number of nitrogens with two attached hydrogens (primary N) is 1. The van der Waals surface area contributed by atoms with E-state index in [1.807, 2.05) is 18.2 Å². The molecule has 1 aromatic rings. The number of fused-ring (bicyclic) bond motifs is 12. The van der Waals surface area contributed by atoms with Gasteiger partial charge in [0.25, 0.3) is 0 Å². The predicted molar refractivity (Wildman–Crippen MR) is 387 cm³/mol. The quantitative estimate of drug-likeness (QED) is 0.0202. The van der Waals surface area contributed by atoms with Crippen molar-refractivity contribution in [3.63, 3.8) is 0 Å². The Labute approximate surface area is 588 Å². The van der Waals surface area contributed by atoms with Gasteiger partial charge < -0.3 is 41.4 Å². The molecule has 8 aliphatic carbocycles. The molecule has 0 radical (unpaired) electrons. The number of ether oxygens (including phenoxy) is 2. The summed E-state index contributed by atoms with van der Waals surface area (Å²) in [6, 6.07) is 6.53. The molecule has 0 bridgehead atoms. The third kappa shape index (κ3) is 14.3. The second-order valence-corrected chi connectivity index (χ2v) is 34.5. The first-order valence-corrected chi connectivity index (χ1v) is 39.5. The molecule has 13 rings (SSSR count). The Morgan fingerprint density at radius 2 is 1.14 bits per heavy atom. The van der Waals surface area contributed by atoms with Crippen molar-refractivity contribution in [2.75, 3.05) is 52.4 Å². The standard InChI is InChI=1S/C44H63IN6O4.C35H57N3O3/c1-27-22-39-42(29(3)44(55-39)18-16-33-34-12-11-31-24-32(52)15-17-43(31,4)36(34)25-35(33)28(44)2)51(26-27)21-20-48-40(53)8-6-5-7-19-47-41(54)14-10-30-9-13-38(49-50-46)37(45)23-30;1-22-18-31-33(38(21-22)17-16-37-32(40)8-6-5-7-15-36)24(3)35(41-31)14-12-27-28-10-9-25-19-26(39)11-13-34(25,4)30(28)20-29(27)23(35)2/h9,11,13,23,27,29,32-34,36,39,42,46,52H,5-8,10,12,14-22,24-26H2,1-4H3,(H-,47,48,53,54);9,22,24,26-28,30-31,33,39H,5-8,10-21,36H2,1-4H3,(H,37,40)/p+1/t27-,29+,32-,33-,34-,36-,39+,42-,43-,44?;22-,24+,26-,27-,28-,30-,31+,33-,34-,35?/m00/s1. The molecule has 4 heterocycles. The lowest BCUT2D eigenvalue weighted by Crippen LogP contribution is -2.54. The van der Waals surface area contributed by atoms with Crippen LogP contribution in [0.15, 0.2) is 68.9 Å². The van der Waals surface area contributed by atoms with E-state index in [4.69, 9.17) is 20.7 Å². The van der Waals surface area contributed by atoms with E-state index >= 15 is 0 Å². The second kappa shape index (κ2) is 30.5. The van der Waals surface area contributed by atoms with E-state index < -0.39 is 0 Å². The first kappa shape index (κ1) is 72.1. The van der Waals surface area contributed by atoms with E-state index in [0.29, 0.717) is 105 Å². The minimum absolute atomic E-state index is 0.0347. The number of aliphatic hydroxyl groups is 2. The van der Waals surface area contributed by atoms with Gasteiger partial charge in [0, 0.05) is 92.6 Å². The van der Waals surface area contributed by atoms with Gasteiger partial charge in [-0.05, 0) is 265 Å². The van der Waals surface area contributed by atoms with Crippen LogP contribution in [0, 0.1) is 79.1 Å². The maximum atomic E-state index is 12.8. The molecular formula is C79H121IN9O7+. The third-order valence-electron chi connectivity index (χ3n) is 28.0. The molecule has 4 aliphatic heterocycles. The van der Waals surface area contributed by atoms with E-state index in [0.717, 1.165) is 162 Å². The van der Waals surface area contributed by atoms with Crippen molar-refractivity contribution in [1.29, 1.82) is 5.53 Å². The van der Waals surface area contributed by atoms with Gasteiger partial charge in [-0.2, -0.15) is 0 Å². The number of hydrogen-bond acceptors (Lipinski definition) is 12. The van der Waals surface area contributed by atoms with Crippen molar-refractivity contribution in [3.05, 3.63) is 72.9 Å². The van der Waals surface area contributed by atoms with Crippen LogP contribution < -0.4 is 26.6 Å². The van der Waals surface area contributed by atoms with Gasteiger partial charge in [-0.3, -0.25) is 24.2 Å². The highest BCUT2D eigenvalue weighted by molar-refractivity contribution is 14.1. The topological polar surface area (TPSA) is 229 Å². The summed E-state index contributed by atoms with van der Waals surface area (Å²) in [5.74, 6) is 6.65. The largest absolute Gasteiger partial charge is 0.393 e. The fourth-order valence-corrected chi connectivity index (χ4v) is 23.6. The number of amides is 3. The normalized spacial score (nSPS) is 38.9. The summed E-state index contributed by atoms with van der Waals surface area (Å²) in [7, 11) is 0. The lowest BCUT2D eigenvalue weighted by molar-refractivity contribution is -0.122. The molecule has 2 unspecified atom stereocenters. The molecule has 20 atom stereocenters. The van der Waals surface area contributed by atoms with Crippen LogP contribution in [0.25, 0.3) is 0 Å². The second-order valence-electron chi connectivity index (χ2n) is 33.4. The molecule has 8 N–H and O–H groups in total. The molecule has 3 amide bonds. The first-order valence-electron chi connectivity index (χ1n) is 38.5. The maximum absolute atomic E-state index is 12.8. The SMILES string of the molecule is CC1=C2C[C@H]3[C@@H](CC=C4C[C@@H](O)CC[C@@]43C)[C@@H]2CCC12O[C@@H]1C[C@H](C)CN(CCNC(=O)CCCCCN)[C@H]1[C@H]2C.CC1=C2C[C@H]3[C@@H](CC=C4C[C@@H](O)CC[C@@]43C)[C@@H]2CCC12O[C@@H]1C[C@H](C)CN(CCNC(=O)CCCCCNC(=O)CCc3ccc(N=[N+]=N)c(I)c3)[C@H]1[C@H]2C. The van der Waals surface area contributed by atoms with E-state index in [-0.39, 0.29) is 64.2 Å². The number of allylic oxidation sites excluding steroid dienone is 4. The Kier molecular flexibility index (Phi) is 22.9. The number of hydrogen-bond donors (Lipinski definition) is 7. The number of aliphatic hydroxyl groups excluding tert-OH is 2. The minimum Gasteiger partial charge on any atom is -0.393 e. The van der Waals surface area contributed by atoms with E-state index in [9.17, 15) is 24.6 Å². The lowest BCUT2D eigenvalue weighted by Gasteiger charge is -2.49. The fraction of sp³-hybridized carbons (Fsp3) is 0.785. The molecule has 96 heavy (non-hydrogen) atoms. The van der Waals surface area contributed by atoms with Crippen LogP contribution >= 0.6 is 22.6 Å². The highest BCUT2D eigenvalue weighted by Crippen LogP contribution is 2.67. The summed E-state index contributed by atoms with van der Waals surface area (Å²) >= 11 is 2.17. The van der Waals surface area contributed by atoms with Crippen molar-refractivity contribution in [2.24, 2.45) is 80.9 Å². The lowest BCUT2D eigenvalue weighted by atomic mass is 9.56. The summed E-state index contributed by atoms with van der Waals surface area (Å²) in [6.07, 6.45) is 30.7. The van der Waals surface area contributed by atoms with Crippen LogP contribution in [-0.2, 0) is 30.3 Å². The Bertz CT molecular complexity index is 3180. The number of rotatable bonds is 21. The highest BCUT2D eigenvalue weighted by Gasteiger charge is 2.64. The van der Waals surface area contributed by atoms with Crippen LogP contribution in [0.5, 0.6) is 0 Å². The van der Waals surface area contributed by atoms with Crippen molar-refractivity contribution in [3.8, 4) is 0 Å². The summed E-state index contributed by atoms with van der Waals surface area (Å²) < 4.78 is 15.5. The van der Waals surface area contributed by atoms with Crippen LogP contribution in [0.4, 0.5) is 5.69 Å². The molecular weight excluding hydrogens is 1310 g/mol. The Hall–Kier alpha value is -3.65. The van der Waals surface area contributed by atoms with Gasteiger partial charge in [0.1, 0.15) is 5.53 Å². The Balaban J connectivity index is 0.000000191. The summed E-state index contributed by atoms with van der Waals surface area (Å²) in [4.78, 5) is 46.0. The molecule has 530 valence electrons. The van der Waals surface area contributed by atoms with Gasteiger partial charge >= 0.3 is 0 Å². The molecule has 8 fully saturated rings. The average molecular weight is 1440 g/mol. The van der Waals surface area contributed by atoms with Crippen molar-refractivity contribution in [1.82, 2.24) is 30.7 Å². The zero-order valence-corrected chi connectivity index (χ0v) is 62.0. The molecule has 1 aromatic carbocycles. The predicted octanol–water partition coefficient (Wildman–Crippen LogP) is 13.3. The van der Waals surface area contributed by atoms with E-state index in [2.05, 4.69) is 126 Å². The molecule has 12 aliphatic rings. The number of carbonyl (C=O) groups excluding carboxylic acids is 3.